The first kappa shape index (κ1) is 22.9. The second-order valence-corrected chi connectivity index (χ2v) is 7.20. The molecule has 3 N–H and O–H groups in total. The quantitative estimate of drug-likeness (QED) is 0.524. The van der Waals surface area contributed by atoms with Crippen LogP contribution < -0.4 is 21.0 Å². The summed E-state index contributed by atoms with van der Waals surface area (Å²) >= 11 is 0. The molecule has 9 nitrogen and oxygen atoms in total. The summed E-state index contributed by atoms with van der Waals surface area (Å²) in [6.07, 6.45) is 0.672. The van der Waals surface area contributed by atoms with Crippen LogP contribution in [0.3, 0.4) is 0 Å². The lowest BCUT2D eigenvalue weighted by Crippen LogP contribution is -2.48. The normalized spacial score (nSPS) is 11.9. The first-order chi connectivity index (χ1) is 14.1. The SMILES string of the molecule is CCc1cc(=O)oc2c(C)c(OCC(=O)NCC(=O)N[C@@H](C(=O)O)C(C)C)ccc12. The van der Waals surface area contributed by atoms with Crippen LogP contribution in [0.2, 0.25) is 0 Å². The number of fused-ring (bicyclic) bond motifs is 1. The Morgan fingerprint density at radius 1 is 1.20 bits per heavy atom. The average molecular weight is 418 g/mol. The molecule has 162 valence electrons. The van der Waals surface area contributed by atoms with Crippen molar-refractivity contribution in [3.63, 3.8) is 0 Å². The molecule has 9 heteroatoms. The fourth-order valence-electron chi connectivity index (χ4n) is 2.97. The molecule has 1 heterocycles. The van der Waals surface area contributed by atoms with Gasteiger partial charge >= 0.3 is 11.6 Å². The minimum absolute atomic E-state index is 0.297. The summed E-state index contributed by atoms with van der Waals surface area (Å²) in [4.78, 5) is 46.7. The molecular formula is C21H26N2O7. The van der Waals surface area contributed by atoms with E-state index in [0.29, 0.717) is 23.3 Å². The van der Waals surface area contributed by atoms with Gasteiger partial charge in [-0.2, -0.15) is 0 Å². The van der Waals surface area contributed by atoms with Crippen molar-refractivity contribution in [3.8, 4) is 5.75 Å². The van der Waals surface area contributed by atoms with Crippen LogP contribution in [0.1, 0.15) is 31.9 Å². The van der Waals surface area contributed by atoms with Crippen LogP contribution in [0.15, 0.2) is 27.4 Å². The Balaban J connectivity index is 1.97. The summed E-state index contributed by atoms with van der Waals surface area (Å²) in [6, 6.07) is 3.88. The highest BCUT2D eigenvalue weighted by molar-refractivity contribution is 5.88. The van der Waals surface area contributed by atoms with Crippen LogP contribution in [-0.2, 0) is 20.8 Å². The summed E-state index contributed by atoms with van der Waals surface area (Å²) < 4.78 is 10.8. The lowest BCUT2D eigenvalue weighted by atomic mass is 10.0. The van der Waals surface area contributed by atoms with Crippen molar-refractivity contribution < 1.29 is 28.6 Å². The standard InChI is InChI=1S/C21H26N2O7/c1-5-13-8-18(26)30-20-12(4)15(7-6-14(13)20)29-10-17(25)22-9-16(24)23-19(11(2)3)21(27)28/h6-8,11,19H,5,9-10H2,1-4H3,(H,22,25)(H,23,24)(H,27,28)/t19-/m1/s1. The molecule has 2 aromatic rings. The number of carboxylic acids is 1. The Hall–Kier alpha value is -3.36. The van der Waals surface area contributed by atoms with E-state index in [9.17, 15) is 19.2 Å². The predicted octanol–water partition coefficient (Wildman–Crippen LogP) is 1.38. The summed E-state index contributed by atoms with van der Waals surface area (Å²) in [6.45, 7) is 6.28. The molecule has 1 atom stereocenters. The van der Waals surface area contributed by atoms with Crippen LogP contribution in [0.25, 0.3) is 11.0 Å². The molecule has 30 heavy (non-hydrogen) atoms. The maximum atomic E-state index is 12.0. The molecule has 0 bridgehead atoms. The largest absolute Gasteiger partial charge is 0.483 e. The third-order valence-corrected chi connectivity index (χ3v) is 4.63. The number of hydrogen-bond donors (Lipinski definition) is 3. The van der Waals surface area contributed by atoms with E-state index in [1.807, 2.05) is 6.92 Å². The van der Waals surface area contributed by atoms with Gasteiger partial charge in [0.15, 0.2) is 6.61 Å². The van der Waals surface area contributed by atoms with E-state index in [1.54, 1.807) is 32.9 Å². The van der Waals surface area contributed by atoms with Crippen LogP contribution in [-0.4, -0.2) is 42.1 Å². The van der Waals surface area contributed by atoms with Crippen LogP contribution in [0.5, 0.6) is 5.75 Å². The van der Waals surface area contributed by atoms with Gasteiger partial charge in [-0.3, -0.25) is 9.59 Å². The van der Waals surface area contributed by atoms with Crippen LogP contribution in [0.4, 0.5) is 0 Å². The molecule has 0 fully saturated rings. The molecule has 0 saturated heterocycles. The summed E-state index contributed by atoms with van der Waals surface area (Å²) in [7, 11) is 0. The van der Waals surface area contributed by atoms with Gasteiger partial charge in [-0.1, -0.05) is 20.8 Å². The number of amides is 2. The van der Waals surface area contributed by atoms with E-state index >= 15 is 0 Å². The zero-order valence-corrected chi connectivity index (χ0v) is 17.4. The molecule has 0 spiro atoms. The molecule has 2 amide bonds. The number of carbonyl (C=O) groups excluding carboxylic acids is 2. The maximum absolute atomic E-state index is 12.0. The van der Waals surface area contributed by atoms with Crippen molar-refractivity contribution >= 4 is 28.8 Å². The first-order valence-electron chi connectivity index (χ1n) is 9.62. The number of hydrogen-bond acceptors (Lipinski definition) is 6. The monoisotopic (exact) mass is 418 g/mol. The lowest BCUT2D eigenvalue weighted by molar-refractivity contribution is -0.143. The van der Waals surface area contributed by atoms with Crippen LogP contribution >= 0.6 is 0 Å². The molecular weight excluding hydrogens is 392 g/mol. The number of benzene rings is 1. The van der Waals surface area contributed by atoms with Crippen LogP contribution in [0, 0.1) is 12.8 Å². The van der Waals surface area contributed by atoms with E-state index in [-0.39, 0.29) is 19.1 Å². The Bertz CT molecular complexity index is 1010. The van der Waals surface area contributed by atoms with Gasteiger partial charge in [0.25, 0.3) is 5.91 Å². The summed E-state index contributed by atoms with van der Waals surface area (Å²) in [5.74, 6) is -2.22. The van der Waals surface area contributed by atoms with Gasteiger partial charge in [-0.25, -0.2) is 9.59 Å². The second kappa shape index (κ2) is 9.91. The molecule has 0 aliphatic rings. The Labute approximate surface area is 173 Å². The number of aliphatic carboxylic acids is 1. The number of rotatable bonds is 9. The molecule has 1 aromatic heterocycles. The van der Waals surface area contributed by atoms with Gasteiger partial charge in [0, 0.05) is 17.0 Å². The molecule has 0 radical (unpaired) electrons. The second-order valence-electron chi connectivity index (χ2n) is 7.20. The minimum atomic E-state index is -1.14. The number of aryl methyl sites for hydroxylation is 2. The highest BCUT2D eigenvalue weighted by Gasteiger charge is 2.23. The third-order valence-electron chi connectivity index (χ3n) is 4.63. The highest BCUT2D eigenvalue weighted by Crippen LogP contribution is 2.28. The molecule has 0 unspecified atom stereocenters. The molecule has 0 aliphatic carbocycles. The Morgan fingerprint density at radius 2 is 1.90 bits per heavy atom. The van der Waals surface area contributed by atoms with Crippen molar-refractivity contribution in [2.24, 2.45) is 5.92 Å². The Kier molecular flexibility index (Phi) is 7.57. The van der Waals surface area contributed by atoms with Crippen molar-refractivity contribution in [3.05, 3.63) is 39.7 Å². The van der Waals surface area contributed by atoms with Gasteiger partial charge in [-0.05, 0) is 37.0 Å². The topological polar surface area (TPSA) is 135 Å². The van der Waals surface area contributed by atoms with Gasteiger partial charge in [0.1, 0.15) is 17.4 Å². The van der Waals surface area contributed by atoms with Gasteiger partial charge < -0.3 is 24.9 Å². The zero-order chi connectivity index (χ0) is 22.4. The number of carboxylic acid groups (broad SMARTS) is 1. The average Bonchev–Trinajstić information content (AvgIpc) is 2.69. The third kappa shape index (κ3) is 5.59. The first-order valence-corrected chi connectivity index (χ1v) is 9.62. The van der Waals surface area contributed by atoms with Gasteiger partial charge in [0.05, 0.1) is 6.54 Å². The van der Waals surface area contributed by atoms with Crippen molar-refractivity contribution in [1.82, 2.24) is 10.6 Å². The smallest absolute Gasteiger partial charge is 0.336 e. The van der Waals surface area contributed by atoms with E-state index in [0.717, 1.165) is 10.9 Å². The van der Waals surface area contributed by atoms with Crippen molar-refractivity contribution in [2.45, 2.75) is 40.2 Å². The van der Waals surface area contributed by atoms with E-state index in [1.165, 1.54) is 6.07 Å². The number of carbonyl (C=O) groups is 3. The zero-order valence-electron chi connectivity index (χ0n) is 17.4. The minimum Gasteiger partial charge on any atom is -0.483 e. The molecule has 0 aliphatic heterocycles. The Morgan fingerprint density at radius 3 is 2.50 bits per heavy atom. The van der Waals surface area contributed by atoms with E-state index < -0.39 is 29.5 Å². The highest BCUT2D eigenvalue weighted by atomic mass is 16.5. The molecule has 0 saturated carbocycles. The number of nitrogens with one attached hydrogen (secondary N) is 2. The fraction of sp³-hybridized carbons (Fsp3) is 0.429. The predicted molar refractivity (Wildman–Crippen MR) is 110 cm³/mol. The van der Waals surface area contributed by atoms with Crippen molar-refractivity contribution in [2.75, 3.05) is 13.2 Å². The van der Waals surface area contributed by atoms with Gasteiger partial charge in [0.2, 0.25) is 5.91 Å². The van der Waals surface area contributed by atoms with E-state index in [2.05, 4.69) is 10.6 Å². The number of ether oxygens (including phenoxy) is 1. The molecule has 1 aromatic carbocycles. The molecule has 2 rings (SSSR count). The maximum Gasteiger partial charge on any atom is 0.336 e. The fourth-order valence-corrected chi connectivity index (χ4v) is 2.97. The van der Waals surface area contributed by atoms with E-state index in [4.69, 9.17) is 14.3 Å². The summed E-state index contributed by atoms with van der Waals surface area (Å²) in [5, 5.41) is 14.6. The lowest BCUT2D eigenvalue weighted by Gasteiger charge is -2.18. The summed E-state index contributed by atoms with van der Waals surface area (Å²) in [5.41, 5.74) is 1.40. The van der Waals surface area contributed by atoms with Crippen molar-refractivity contribution in [1.29, 1.82) is 0 Å². The van der Waals surface area contributed by atoms with Gasteiger partial charge in [-0.15, -0.1) is 0 Å².